The second kappa shape index (κ2) is 6.73. The minimum atomic E-state index is -0.117. The van der Waals surface area contributed by atoms with Crippen molar-refractivity contribution in [3.8, 4) is 11.5 Å². The number of hydrogen-bond donors (Lipinski definition) is 1. The highest BCUT2D eigenvalue weighted by Crippen LogP contribution is 2.30. The van der Waals surface area contributed by atoms with E-state index in [-0.39, 0.29) is 11.9 Å². The Kier molecular flexibility index (Phi) is 4.51. The van der Waals surface area contributed by atoms with Crippen LogP contribution < -0.4 is 14.8 Å². The third kappa shape index (κ3) is 3.47. The van der Waals surface area contributed by atoms with Gasteiger partial charge in [-0.1, -0.05) is 31.2 Å². The lowest BCUT2D eigenvalue weighted by Crippen LogP contribution is -2.27. The summed E-state index contributed by atoms with van der Waals surface area (Å²) in [6.07, 6.45) is 1.01. The highest BCUT2D eigenvalue weighted by atomic mass is 16.6. The van der Waals surface area contributed by atoms with Crippen LogP contribution in [0.15, 0.2) is 42.5 Å². The Morgan fingerprint density at radius 3 is 2.48 bits per heavy atom. The Balaban J connectivity index is 1.70. The first-order chi connectivity index (χ1) is 11.2. The number of hydrogen-bond acceptors (Lipinski definition) is 3. The van der Waals surface area contributed by atoms with Gasteiger partial charge in [-0.15, -0.1) is 0 Å². The summed E-state index contributed by atoms with van der Waals surface area (Å²) in [5.74, 6) is 1.20. The first-order valence-corrected chi connectivity index (χ1v) is 7.96. The van der Waals surface area contributed by atoms with Crippen LogP contribution in [0.5, 0.6) is 11.5 Å². The average molecular weight is 311 g/mol. The molecule has 2 aromatic rings. The molecule has 1 aliphatic rings. The maximum absolute atomic E-state index is 12.4. The molecule has 0 saturated carbocycles. The summed E-state index contributed by atoms with van der Waals surface area (Å²) >= 11 is 0. The van der Waals surface area contributed by atoms with Gasteiger partial charge in [0, 0.05) is 5.56 Å². The maximum Gasteiger partial charge on any atom is 0.251 e. The summed E-state index contributed by atoms with van der Waals surface area (Å²) < 4.78 is 11.0. The zero-order chi connectivity index (χ0) is 16.2. The fraction of sp³-hybridized carbons (Fsp3) is 0.316. The van der Waals surface area contributed by atoms with Crippen molar-refractivity contribution < 1.29 is 14.3 Å². The zero-order valence-corrected chi connectivity index (χ0v) is 13.5. The van der Waals surface area contributed by atoms with Crippen LogP contribution >= 0.6 is 0 Å². The number of benzene rings is 2. The minimum Gasteiger partial charge on any atom is -0.486 e. The second-order valence-electron chi connectivity index (χ2n) is 5.65. The molecule has 1 aliphatic heterocycles. The minimum absolute atomic E-state index is 0.0541. The molecule has 0 aromatic heterocycles. The second-order valence-corrected chi connectivity index (χ2v) is 5.65. The van der Waals surface area contributed by atoms with E-state index in [9.17, 15) is 4.79 Å². The van der Waals surface area contributed by atoms with Gasteiger partial charge in [0.2, 0.25) is 0 Å². The molecule has 4 heteroatoms. The maximum atomic E-state index is 12.4. The zero-order valence-electron chi connectivity index (χ0n) is 13.5. The van der Waals surface area contributed by atoms with Crippen molar-refractivity contribution in [3.63, 3.8) is 0 Å². The van der Waals surface area contributed by atoms with Crippen molar-refractivity contribution in [1.29, 1.82) is 0 Å². The Bertz CT molecular complexity index is 694. The van der Waals surface area contributed by atoms with Crippen molar-refractivity contribution in [3.05, 3.63) is 59.2 Å². The predicted octanol–water partition coefficient (Wildman–Crippen LogP) is 3.51. The standard InChI is InChI=1S/C19H21NO3/c1-3-14-4-6-15(7-5-14)13(2)20-19(21)16-8-9-17-18(12-16)23-11-10-22-17/h4-9,12-13H,3,10-11H2,1-2H3,(H,20,21)/t13-/m0/s1. The summed E-state index contributed by atoms with van der Waals surface area (Å²) in [6.45, 7) is 5.17. The number of aryl methyl sites for hydroxylation is 1. The lowest BCUT2D eigenvalue weighted by molar-refractivity contribution is 0.0938. The summed E-state index contributed by atoms with van der Waals surface area (Å²) in [7, 11) is 0. The van der Waals surface area contributed by atoms with Gasteiger partial charge in [-0.25, -0.2) is 0 Å². The molecule has 0 saturated heterocycles. The molecule has 2 aromatic carbocycles. The molecule has 1 N–H and O–H groups in total. The number of rotatable bonds is 4. The predicted molar refractivity (Wildman–Crippen MR) is 89.1 cm³/mol. The monoisotopic (exact) mass is 311 g/mol. The van der Waals surface area contributed by atoms with E-state index in [1.807, 2.05) is 6.92 Å². The van der Waals surface area contributed by atoms with Gasteiger partial charge >= 0.3 is 0 Å². The molecule has 0 fully saturated rings. The van der Waals surface area contributed by atoms with Gasteiger partial charge in [-0.2, -0.15) is 0 Å². The molecule has 0 bridgehead atoms. The fourth-order valence-electron chi connectivity index (χ4n) is 2.59. The number of carbonyl (C=O) groups excluding carboxylic acids is 1. The van der Waals surface area contributed by atoms with Crippen LogP contribution in [0.25, 0.3) is 0 Å². The van der Waals surface area contributed by atoms with E-state index in [4.69, 9.17) is 9.47 Å². The van der Waals surface area contributed by atoms with E-state index in [1.165, 1.54) is 5.56 Å². The van der Waals surface area contributed by atoms with Crippen LogP contribution in [0.2, 0.25) is 0 Å². The molecule has 0 aliphatic carbocycles. The molecule has 4 nitrogen and oxygen atoms in total. The molecule has 0 radical (unpaired) electrons. The van der Waals surface area contributed by atoms with E-state index in [2.05, 4.69) is 36.5 Å². The summed E-state index contributed by atoms with van der Waals surface area (Å²) in [5, 5.41) is 3.02. The molecule has 3 rings (SSSR count). The first kappa shape index (κ1) is 15.4. The summed E-state index contributed by atoms with van der Waals surface area (Å²) in [5.41, 5.74) is 2.96. The van der Waals surface area contributed by atoms with Crippen molar-refractivity contribution in [2.45, 2.75) is 26.3 Å². The van der Waals surface area contributed by atoms with Gasteiger partial charge in [0.05, 0.1) is 6.04 Å². The van der Waals surface area contributed by atoms with Crippen molar-refractivity contribution in [2.24, 2.45) is 0 Å². The van der Waals surface area contributed by atoms with Gasteiger partial charge in [0.15, 0.2) is 11.5 Å². The molecule has 1 amide bonds. The van der Waals surface area contributed by atoms with Gasteiger partial charge in [0.1, 0.15) is 13.2 Å². The topological polar surface area (TPSA) is 47.6 Å². The SMILES string of the molecule is CCc1ccc([C@H](C)NC(=O)c2ccc3c(c2)OCCO3)cc1. The Morgan fingerprint density at radius 2 is 1.78 bits per heavy atom. The molecule has 1 heterocycles. The van der Waals surface area contributed by atoms with E-state index in [0.29, 0.717) is 30.3 Å². The Labute approximate surface area is 136 Å². The Morgan fingerprint density at radius 1 is 1.09 bits per heavy atom. The van der Waals surface area contributed by atoms with Gasteiger partial charge in [0.25, 0.3) is 5.91 Å². The van der Waals surface area contributed by atoms with Gasteiger partial charge in [-0.05, 0) is 42.7 Å². The number of fused-ring (bicyclic) bond motifs is 1. The smallest absolute Gasteiger partial charge is 0.251 e. The van der Waals surface area contributed by atoms with E-state index < -0.39 is 0 Å². The molecular formula is C19H21NO3. The van der Waals surface area contributed by atoms with E-state index >= 15 is 0 Å². The first-order valence-electron chi connectivity index (χ1n) is 7.96. The molecule has 120 valence electrons. The van der Waals surface area contributed by atoms with Crippen LogP contribution in [-0.4, -0.2) is 19.1 Å². The van der Waals surface area contributed by atoms with Crippen LogP contribution in [0.1, 0.15) is 41.4 Å². The lowest BCUT2D eigenvalue weighted by atomic mass is 10.0. The van der Waals surface area contributed by atoms with Crippen molar-refractivity contribution in [2.75, 3.05) is 13.2 Å². The number of ether oxygens (including phenoxy) is 2. The van der Waals surface area contributed by atoms with Crippen LogP contribution in [0.3, 0.4) is 0 Å². The van der Waals surface area contributed by atoms with Crippen molar-refractivity contribution in [1.82, 2.24) is 5.32 Å². The highest BCUT2D eigenvalue weighted by molar-refractivity contribution is 5.95. The molecular weight excluding hydrogens is 290 g/mol. The summed E-state index contributed by atoms with van der Waals surface area (Å²) in [6, 6.07) is 13.5. The number of nitrogens with one attached hydrogen (secondary N) is 1. The highest BCUT2D eigenvalue weighted by Gasteiger charge is 2.16. The number of amides is 1. The molecule has 1 atom stereocenters. The third-order valence-corrected chi connectivity index (χ3v) is 4.04. The van der Waals surface area contributed by atoms with Crippen molar-refractivity contribution >= 4 is 5.91 Å². The number of carbonyl (C=O) groups is 1. The largest absolute Gasteiger partial charge is 0.486 e. The third-order valence-electron chi connectivity index (χ3n) is 4.04. The van der Waals surface area contributed by atoms with E-state index in [1.54, 1.807) is 18.2 Å². The summed E-state index contributed by atoms with van der Waals surface area (Å²) in [4.78, 5) is 12.4. The molecule has 0 unspecified atom stereocenters. The lowest BCUT2D eigenvalue weighted by Gasteiger charge is -2.19. The average Bonchev–Trinajstić information content (AvgIpc) is 2.61. The van der Waals surface area contributed by atoms with Crippen LogP contribution in [0.4, 0.5) is 0 Å². The fourth-order valence-corrected chi connectivity index (χ4v) is 2.59. The Hall–Kier alpha value is -2.49. The van der Waals surface area contributed by atoms with Gasteiger partial charge in [-0.3, -0.25) is 4.79 Å². The molecule has 23 heavy (non-hydrogen) atoms. The quantitative estimate of drug-likeness (QED) is 0.940. The van der Waals surface area contributed by atoms with E-state index in [0.717, 1.165) is 12.0 Å². The molecule has 0 spiro atoms. The van der Waals surface area contributed by atoms with Crippen LogP contribution in [0, 0.1) is 0 Å². The van der Waals surface area contributed by atoms with Gasteiger partial charge < -0.3 is 14.8 Å². The normalized spacial score (nSPS) is 14.2. The van der Waals surface area contributed by atoms with Crippen LogP contribution in [-0.2, 0) is 6.42 Å².